The molecule has 1 atom stereocenters. The summed E-state index contributed by atoms with van der Waals surface area (Å²) in [5.74, 6) is -0.522. The Bertz CT molecular complexity index is 1570. The normalized spacial score (nSPS) is 11.4. The molecule has 0 aliphatic heterocycles. The van der Waals surface area contributed by atoms with Gasteiger partial charge in [0.25, 0.3) is 1.45 Å². The third-order valence-electron chi connectivity index (χ3n) is 5.82. The summed E-state index contributed by atoms with van der Waals surface area (Å²) in [4.78, 5) is 14.2. The van der Waals surface area contributed by atoms with E-state index in [1.807, 2.05) is 24.5 Å². The minimum atomic E-state index is -0.811. The van der Waals surface area contributed by atoms with Crippen molar-refractivity contribution in [2.75, 3.05) is 0 Å². The van der Waals surface area contributed by atoms with E-state index in [-0.39, 0.29) is 19.1 Å². The van der Waals surface area contributed by atoms with Gasteiger partial charge in [0.1, 0.15) is 17.7 Å². The Morgan fingerprint density at radius 3 is 2.11 bits per heavy atom. The first-order valence-electron chi connectivity index (χ1n) is 11.5. The first-order valence-corrected chi connectivity index (χ1v) is 11.1. The van der Waals surface area contributed by atoms with Crippen LogP contribution in [0, 0.1) is 11.6 Å². The lowest BCUT2D eigenvalue weighted by Crippen LogP contribution is -1.98. The maximum Gasteiger partial charge on any atom is 0.269 e. The van der Waals surface area contributed by atoms with Gasteiger partial charge in [-0.1, -0.05) is 19.6 Å². The Balaban J connectivity index is 0.000000193. The third-order valence-corrected chi connectivity index (χ3v) is 5.82. The molecule has 5 nitrogen and oxygen atoms in total. The van der Waals surface area contributed by atoms with Crippen LogP contribution in [0.15, 0.2) is 97.8 Å². The first kappa shape index (κ1) is 25.7. The molecule has 37 heavy (non-hydrogen) atoms. The minimum Gasteiger partial charge on any atom is -0.384 e. The van der Waals surface area contributed by atoms with Gasteiger partial charge in [0, 0.05) is 76.5 Å². The maximum atomic E-state index is 13.3. The van der Waals surface area contributed by atoms with Gasteiger partial charge < -0.3 is 15.1 Å². The molecular formula is C29H27F3N4O. The maximum absolute atomic E-state index is 13.3. The van der Waals surface area contributed by atoms with Crippen LogP contribution in [0.3, 0.4) is 0 Å². The number of hydrogen-bond donors (Lipinski definition) is 3. The van der Waals surface area contributed by atoms with E-state index in [1.165, 1.54) is 18.2 Å². The lowest BCUT2D eigenvalue weighted by atomic mass is 10.0. The predicted molar refractivity (Wildman–Crippen MR) is 141 cm³/mol. The molecule has 4 aromatic heterocycles. The Hall–Kier alpha value is -4.43. The van der Waals surface area contributed by atoms with Crippen molar-refractivity contribution >= 4 is 21.8 Å². The molecule has 0 bridgehead atoms. The summed E-state index contributed by atoms with van der Waals surface area (Å²) >= 11 is 0. The molecule has 0 saturated carbocycles. The van der Waals surface area contributed by atoms with Crippen molar-refractivity contribution in [2.24, 2.45) is 0 Å². The number of fused-ring (bicyclic) bond motifs is 2. The fraction of sp³-hybridized carbons (Fsp3) is 0.103. The van der Waals surface area contributed by atoms with E-state index < -0.39 is 6.10 Å². The van der Waals surface area contributed by atoms with E-state index in [1.54, 1.807) is 55.1 Å². The van der Waals surface area contributed by atoms with E-state index in [0.717, 1.165) is 34.0 Å². The highest BCUT2D eigenvalue weighted by Crippen LogP contribution is 2.29. The molecule has 4 heterocycles. The van der Waals surface area contributed by atoms with Crippen LogP contribution in [0.4, 0.5) is 13.5 Å². The van der Waals surface area contributed by atoms with Crippen molar-refractivity contribution < 1.29 is 18.6 Å². The second-order valence-corrected chi connectivity index (χ2v) is 8.16. The van der Waals surface area contributed by atoms with Crippen LogP contribution in [-0.4, -0.2) is 26.5 Å². The molecule has 0 aliphatic carbocycles. The van der Waals surface area contributed by atoms with Crippen LogP contribution in [-0.2, 0) is 6.42 Å². The molecule has 0 aliphatic rings. The minimum absolute atomic E-state index is 0. The SMILES string of the molecule is C.Fc1ccc2[nH]cc(Cc3cccnc3)c2c1.OC(c1cccnc1)c1c[nH]c2ccc(F)cc12.[3H]F. The number of benzene rings is 2. The third kappa shape index (κ3) is 6.05. The fourth-order valence-corrected chi connectivity index (χ4v) is 4.08. The van der Waals surface area contributed by atoms with Crippen molar-refractivity contribution in [3.8, 4) is 0 Å². The van der Waals surface area contributed by atoms with Gasteiger partial charge in [-0.2, -0.15) is 0 Å². The lowest BCUT2D eigenvalue weighted by Gasteiger charge is -2.09. The van der Waals surface area contributed by atoms with Crippen LogP contribution < -0.4 is 0 Å². The molecule has 3 N–H and O–H groups in total. The van der Waals surface area contributed by atoms with Crippen LogP contribution in [0.1, 0.15) is 35.8 Å². The highest BCUT2D eigenvalue weighted by molar-refractivity contribution is 5.84. The van der Waals surface area contributed by atoms with Crippen molar-refractivity contribution in [2.45, 2.75) is 20.0 Å². The smallest absolute Gasteiger partial charge is 0.269 e. The number of halogens is 3. The number of nitrogens with zero attached hydrogens (tertiary/aromatic N) is 2. The molecular weight excluding hydrogens is 477 g/mol. The number of hydrogen-bond acceptors (Lipinski definition) is 3. The summed E-state index contributed by atoms with van der Waals surface area (Å²) in [6, 6.07) is 16.7. The number of H-pyrrole nitrogens is 2. The van der Waals surface area contributed by atoms with E-state index in [0.29, 0.717) is 16.5 Å². The molecule has 0 fully saturated rings. The van der Waals surface area contributed by atoms with Crippen LogP contribution >= 0.6 is 0 Å². The molecule has 2 aromatic carbocycles. The van der Waals surface area contributed by atoms with Gasteiger partial charge in [-0.15, -0.1) is 0 Å². The highest BCUT2D eigenvalue weighted by Gasteiger charge is 2.15. The van der Waals surface area contributed by atoms with E-state index in [9.17, 15) is 13.9 Å². The summed E-state index contributed by atoms with van der Waals surface area (Å²) < 4.78 is 39.5. The summed E-state index contributed by atoms with van der Waals surface area (Å²) in [5.41, 5.74) is 5.31. The zero-order valence-corrected chi connectivity index (χ0v) is 19.0. The number of nitrogens with one attached hydrogen (secondary N) is 2. The zero-order chi connectivity index (χ0) is 26.2. The molecule has 190 valence electrons. The Morgan fingerprint density at radius 2 is 1.46 bits per heavy atom. The predicted octanol–water partition coefficient (Wildman–Crippen LogP) is 6.87. The Morgan fingerprint density at radius 1 is 0.838 bits per heavy atom. The molecule has 0 spiro atoms. The Labute approximate surface area is 213 Å². The standard InChI is InChI=1S/C14H11FN2O.C14H11FN2.CH4.FH/c15-10-3-4-13-11(6-10)12(8-17-13)14(18)9-2-1-5-16-7-9;15-12-3-4-14-13(7-12)11(9-17-14)6-10-2-1-5-16-8-10;;/h1-8,14,17-18H;1-5,7-9,17H,6H2;1H4;1H/i/hT. The molecule has 8 heteroatoms. The first-order chi connectivity index (χ1) is 18.1. The monoisotopic (exact) mass is 506 g/mol. The van der Waals surface area contributed by atoms with Gasteiger partial charge in [0.05, 0.1) is 0 Å². The van der Waals surface area contributed by atoms with Gasteiger partial charge in [-0.3, -0.25) is 14.7 Å². The summed E-state index contributed by atoms with van der Waals surface area (Å²) in [7, 11) is 0. The van der Waals surface area contributed by atoms with Gasteiger partial charge in [-0.25, -0.2) is 8.78 Å². The summed E-state index contributed by atoms with van der Waals surface area (Å²) in [6.45, 7) is 0. The molecule has 1 unspecified atom stereocenters. The second kappa shape index (κ2) is 12.0. The van der Waals surface area contributed by atoms with E-state index in [4.69, 9.17) is 4.72 Å². The Kier molecular flexibility index (Phi) is 8.33. The number of pyridine rings is 2. The van der Waals surface area contributed by atoms with Gasteiger partial charge in [0.2, 0.25) is 0 Å². The van der Waals surface area contributed by atoms with E-state index >= 15 is 0 Å². The lowest BCUT2D eigenvalue weighted by molar-refractivity contribution is 0.221. The second-order valence-electron chi connectivity index (χ2n) is 8.16. The summed E-state index contributed by atoms with van der Waals surface area (Å²) in [6.07, 6.45) is 10.4. The average Bonchev–Trinajstić information content (AvgIpc) is 3.54. The number of aliphatic hydroxyl groups excluding tert-OH is 1. The molecule has 6 aromatic rings. The van der Waals surface area contributed by atoms with Gasteiger partial charge in [-0.05, 0) is 59.7 Å². The van der Waals surface area contributed by atoms with Crippen molar-refractivity contribution in [3.63, 3.8) is 0 Å². The number of aliphatic hydroxyl groups is 1. The van der Waals surface area contributed by atoms with Crippen molar-refractivity contribution in [3.05, 3.63) is 132 Å². The van der Waals surface area contributed by atoms with Crippen LogP contribution in [0.25, 0.3) is 21.8 Å². The quantitative estimate of drug-likeness (QED) is 0.244. The van der Waals surface area contributed by atoms with Crippen LogP contribution in [0.2, 0.25) is 0 Å². The molecule has 6 rings (SSSR count). The van der Waals surface area contributed by atoms with Crippen LogP contribution in [0.5, 0.6) is 0 Å². The largest absolute Gasteiger partial charge is 0.384 e. The highest BCUT2D eigenvalue weighted by atomic mass is 19.1. The number of rotatable bonds is 4. The van der Waals surface area contributed by atoms with Crippen molar-refractivity contribution in [1.82, 2.24) is 19.9 Å². The van der Waals surface area contributed by atoms with Gasteiger partial charge in [0.15, 0.2) is 0 Å². The van der Waals surface area contributed by atoms with Gasteiger partial charge >= 0.3 is 0 Å². The molecule has 0 radical (unpaired) electrons. The summed E-state index contributed by atoms with van der Waals surface area (Å²) in [5, 5.41) is 11.9. The number of aromatic amines is 2. The number of aromatic nitrogens is 4. The average molecular weight is 507 g/mol. The van der Waals surface area contributed by atoms with E-state index in [2.05, 4.69) is 21.4 Å². The van der Waals surface area contributed by atoms with Crippen molar-refractivity contribution in [1.29, 1.82) is 1.45 Å². The fourth-order valence-electron chi connectivity index (χ4n) is 4.08. The zero-order valence-electron chi connectivity index (χ0n) is 20.0. The topological polar surface area (TPSA) is 77.6 Å². The molecule has 0 amide bonds. The molecule has 0 saturated heterocycles.